The fourth-order valence-corrected chi connectivity index (χ4v) is 1.45. The molecule has 1 rings (SSSR count). The number of nitrogens with zero attached hydrogens (tertiary/aromatic N) is 1. The quantitative estimate of drug-likeness (QED) is 0.810. The van der Waals surface area contributed by atoms with Gasteiger partial charge in [0.25, 0.3) is 10.2 Å². The maximum atomic E-state index is 11.0. The molecule has 0 radical (unpaired) electrons. The van der Waals surface area contributed by atoms with Gasteiger partial charge in [-0.1, -0.05) is 12.1 Å². The highest BCUT2D eigenvalue weighted by Gasteiger charge is 2.11. The second kappa shape index (κ2) is 4.61. The van der Waals surface area contributed by atoms with Crippen LogP contribution in [0.15, 0.2) is 24.3 Å². The molecule has 1 aromatic carbocycles. The Hall–Kier alpha value is -1.11. The SMILES string of the molecule is COc1cccc(CN(C)S(N)(=O)=O)c1. The zero-order valence-corrected chi connectivity index (χ0v) is 9.49. The van der Waals surface area contributed by atoms with E-state index >= 15 is 0 Å². The molecule has 84 valence electrons. The number of methoxy groups -OCH3 is 1. The highest BCUT2D eigenvalue weighted by Crippen LogP contribution is 2.14. The molecule has 0 fully saturated rings. The van der Waals surface area contributed by atoms with Crippen molar-refractivity contribution >= 4 is 10.2 Å². The monoisotopic (exact) mass is 230 g/mol. The summed E-state index contributed by atoms with van der Waals surface area (Å²) < 4.78 is 28.0. The first-order valence-corrected chi connectivity index (χ1v) is 5.81. The minimum absolute atomic E-state index is 0.232. The molecule has 6 heteroatoms. The summed E-state index contributed by atoms with van der Waals surface area (Å²) in [5.41, 5.74) is 0.825. The molecule has 1 aromatic rings. The van der Waals surface area contributed by atoms with Crippen molar-refractivity contribution in [2.45, 2.75) is 6.54 Å². The molecule has 0 amide bonds. The molecule has 0 heterocycles. The molecule has 5 nitrogen and oxygen atoms in total. The van der Waals surface area contributed by atoms with Gasteiger partial charge >= 0.3 is 0 Å². The molecule has 2 N–H and O–H groups in total. The molecular formula is C9H14N2O3S. The minimum Gasteiger partial charge on any atom is -0.497 e. The van der Waals surface area contributed by atoms with Gasteiger partial charge in [0.05, 0.1) is 7.11 Å². The molecule has 0 spiro atoms. The van der Waals surface area contributed by atoms with E-state index in [1.54, 1.807) is 25.3 Å². The number of hydrogen-bond acceptors (Lipinski definition) is 3. The van der Waals surface area contributed by atoms with Crippen LogP contribution in [0.4, 0.5) is 0 Å². The summed E-state index contributed by atoms with van der Waals surface area (Å²) in [6.45, 7) is 0.232. The molecule has 0 bridgehead atoms. The predicted molar refractivity (Wildman–Crippen MR) is 57.6 cm³/mol. The summed E-state index contributed by atoms with van der Waals surface area (Å²) in [5.74, 6) is 0.690. The third-order valence-electron chi connectivity index (χ3n) is 1.97. The van der Waals surface area contributed by atoms with Crippen LogP contribution in [0.5, 0.6) is 5.75 Å². The molecule has 0 aliphatic heterocycles. The van der Waals surface area contributed by atoms with Crippen molar-refractivity contribution in [3.63, 3.8) is 0 Å². The van der Waals surface area contributed by atoms with E-state index in [1.807, 2.05) is 6.07 Å². The van der Waals surface area contributed by atoms with E-state index in [4.69, 9.17) is 9.88 Å². The van der Waals surface area contributed by atoms with E-state index in [1.165, 1.54) is 7.05 Å². The van der Waals surface area contributed by atoms with Crippen LogP contribution in [0, 0.1) is 0 Å². The maximum absolute atomic E-state index is 11.0. The van der Waals surface area contributed by atoms with Crippen molar-refractivity contribution in [2.75, 3.05) is 14.2 Å². The van der Waals surface area contributed by atoms with Gasteiger partial charge in [-0.25, -0.2) is 5.14 Å². The summed E-state index contributed by atoms with van der Waals surface area (Å²) in [6.07, 6.45) is 0. The van der Waals surface area contributed by atoms with E-state index in [2.05, 4.69) is 0 Å². The third-order valence-corrected chi connectivity index (χ3v) is 2.97. The lowest BCUT2D eigenvalue weighted by Gasteiger charge is -2.13. The van der Waals surface area contributed by atoms with Crippen LogP contribution in [0.2, 0.25) is 0 Å². The summed E-state index contributed by atoms with van der Waals surface area (Å²) in [7, 11) is -0.645. The standard InChI is InChI=1S/C9H14N2O3S/c1-11(15(10,12)13)7-8-4-3-5-9(6-8)14-2/h3-6H,7H2,1-2H3,(H2,10,12,13). The number of benzene rings is 1. The van der Waals surface area contributed by atoms with Gasteiger partial charge in [0, 0.05) is 13.6 Å². The number of rotatable bonds is 4. The highest BCUT2D eigenvalue weighted by atomic mass is 32.2. The zero-order valence-electron chi connectivity index (χ0n) is 8.67. The number of ether oxygens (including phenoxy) is 1. The number of nitrogens with two attached hydrogens (primary N) is 1. The smallest absolute Gasteiger partial charge is 0.276 e. The Morgan fingerprint density at radius 1 is 1.47 bits per heavy atom. The molecule has 0 atom stereocenters. The Labute approximate surface area is 89.6 Å². The summed E-state index contributed by atoms with van der Waals surface area (Å²) in [4.78, 5) is 0. The predicted octanol–water partition coefficient (Wildman–Crippen LogP) is 0.331. The normalized spacial score (nSPS) is 11.7. The first kappa shape index (κ1) is 12.0. The van der Waals surface area contributed by atoms with Gasteiger partial charge in [-0.2, -0.15) is 12.7 Å². The Balaban J connectivity index is 2.81. The fourth-order valence-electron chi connectivity index (χ4n) is 1.12. The van der Waals surface area contributed by atoms with Crippen molar-refractivity contribution in [1.29, 1.82) is 0 Å². The van der Waals surface area contributed by atoms with Crippen LogP contribution in [-0.4, -0.2) is 26.9 Å². The van der Waals surface area contributed by atoms with Crippen molar-refractivity contribution in [3.8, 4) is 5.75 Å². The second-order valence-corrected chi connectivity index (χ2v) is 4.81. The summed E-state index contributed by atoms with van der Waals surface area (Å²) in [6, 6.07) is 7.16. The van der Waals surface area contributed by atoms with Crippen LogP contribution in [-0.2, 0) is 16.8 Å². The van der Waals surface area contributed by atoms with Gasteiger partial charge in [-0.05, 0) is 17.7 Å². The van der Waals surface area contributed by atoms with E-state index in [-0.39, 0.29) is 6.54 Å². The minimum atomic E-state index is -3.63. The molecule has 15 heavy (non-hydrogen) atoms. The lowest BCUT2D eigenvalue weighted by molar-refractivity contribution is 0.412. The number of hydrogen-bond donors (Lipinski definition) is 1. The average molecular weight is 230 g/mol. The van der Waals surface area contributed by atoms with Crippen LogP contribution >= 0.6 is 0 Å². The van der Waals surface area contributed by atoms with Crippen molar-refractivity contribution in [3.05, 3.63) is 29.8 Å². The van der Waals surface area contributed by atoms with Gasteiger partial charge in [0.1, 0.15) is 5.75 Å². The van der Waals surface area contributed by atoms with E-state index in [0.717, 1.165) is 9.87 Å². The van der Waals surface area contributed by atoms with Crippen molar-refractivity contribution < 1.29 is 13.2 Å². The topological polar surface area (TPSA) is 72.6 Å². The molecule has 0 aliphatic carbocycles. The molecular weight excluding hydrogens is 216 g/mol. The zero-order chi connectivity index (χ0) is 11.5. The average Bonchev–Trinajstić information content (AvgIpc) is 2.16. The van der Waals surface area contributed by atoms with Crippen molar-refractivity contribution in [1.82, 2.24) is 4.31 Å². The molecule has 0 saturated carbocycles. The first-order chi connectivity index (χ1) is 6.93. The lowest BCUT2D eigenvalue weighted by atomic mass is 10.2. The van der Waals surface area contributed by atoms with E-state index in [9.17, 15) is 8.42 Å². The van der Waals surface area contributed by atoms with Crippen LogP contribution in [0.25, 0.3) is 0 Å². The van der Waals surface area contributed by atoms with Crippen molar-refractivity contribution in [2.24, 2.45) is 5.14 Å². The fraction of sp³-hybridized carbons (Fsp3) is 0.333. The molecule has 0 saturated heterocycles. The molecule has 0 aromatic heterocycles. The highest BCUT2D eigenvalue weighted by molar-refractivity contribution is 7.86. The summed E-state index contributed by atoms with van der Waals surface area (Å²) in [5, 5.41) is 4.96. The van der Waals surface area contributed by atoms with Gasteiger partial charge in [0.15, 0.2) is 0 Å². The third kappa shape index (κ3) is 3.50. The van der Waals surface area contributed by atoms with Crippen LogP contribution in [0.3, 0.4) is 0 Å². The second-order valence-electron chi connectivity index (χ2n) is 3.15. The largest absolute Gasteiger partial charge is 0.497 e. The first-order valence-electron chi connectivity index (χ1n) is 4.30. The van der Waals surface area contributed by atoms with Crippen LogP contribution in [0.1, 0.15) is 5.56 Å². The van der Waals surface area contributed by atoms with Crippen LogP contribution < -0.4 is 9.88 Å². The Morgan fingerprint density at radius 2 is 2.13 bits per heavy atom. The van der Waals surface area contributed by atoms with Gasteiger partial charge < -0.3 is 4.74 Å². The lowest BCUT2D eigenvalue weighted by Crippen LogP contribution is -2.32. The summed E-state index contributed by atoms with van der Waals surface area (Å²) >= 11 is 0. The van der Waals surface area contributed by atoms with E-state index in [0.29, 0.717) is 5.75 Å². The Kier molecular flexibility index (Phi) is 3.67. The molecule has 0 aliphatic rings. The van der Waals surface area contributed by atoms with Gasteiger partial charge in [-0.15, -0.1) is 0 Å². The molecule has 0 unspecified atom stereocenters. The maximum Gasteiger partial charge on any atom is 0.276 e. The Morgan fingerprint density at radius 3 is 2.67 bits per heavy atom. The van der Waals surface area contributed by atoms with Gasteiger partial charge in [0.2, 0.25) is 0 Å². The van der Waals surface area contributed by atoms with Gasteiger partial charge in [-0.3, -0.25) is 0 Å². The van der Waals surface area contributed by atoms with E-state index < -0.39 is 10.2 Å². The Bertz CT molecular complexity index is 431.